The van der Waals surface area contributed by atoms with Crippen LogP contribution in [-0.4, -0.2) is 23.8 Å². The molecule has 0 saturated heterocycles. The molecular formula is C23H22ClN3O2. The topological polar surface area (TPSA) is 62.3 Å². The molecule has 5 nitrogen and oxygen atoms in total. The van der Waals surface area contributed by atoms with Crippen LogP contribution in [0.1, 0.15) is 29.3 Å². The van der Waals surface area contributed by atoms with Crippen LogP contribution in [0.15, 0.2) is 67.0 Å². The van der Waals surface area contributed by atoms with E-state index in [1.54, 1.807) is 36.5 Å². The Labute approximate surface area is 175 Å². The maximum atomic E-state index is 12.4. The summed E-state index contributed by atoms with van der Waals surface area (Å²) in [7, 11) is 1.76. The molecule has 0 aliphatic rings. The van der Waals surface area contributed by atoms with Crippen molar-refractivity contribution in [1.82, 2.24) is 10.3 Å². The fourth-order valence-corrected chi connectivity index (χ4v) is 3.18. The third kappa shape index (κ3) is 5.00. The number of aromatic nitrogens is 1. The Hall–Kier alpha value is -3.18. The predicted molar refractivity (Wildman–Crippen MR) is 116 cm³/mol. The lowest BCUT2D eigenvalue weighted by Crippen LogP contribution is -2.24. The Bertz CT molecular complexity index is 1000. The largest absolute Gasteiger partial charge is 0.348 e. The number of benzene rings is 2. The zero-order chi connectivity index (χ0) is 20.8. The second-order valence-electron chi connectivity index (χ2n) is 6.59. The summed E-state index contributed by atoms with van der Waals surface area (Å²) < 4.78 is 0. The summed E-state index contributed by atoms with van der Waals surface area (Å²) >= 11 is 6.37. The van der Waals surface area contributed by atoms with Crippen molar-refractivity contribution in [3.05, 3.63) is 83.1 Å². The van der Waals surface area contributed by atoms with Gasteiger partial charge in [-0.3, -0.25) is 14.6 Å². The van der Waals surface area contributed by atoms with Crippen molar-refractivity contribution in [2.75, 3.05) is 11.9 Å². The highest BCUT2D eigenvalue weighted by atomic mass is 35.5. The first-order chi connectivity index (χ1) is 14.0. The second kappa shape index (κ2) is 9.34. The lowest BCUT2D eigenvalue weighted by atomic mass is 10.0. The van der Waals surface area contributed by atoms with Gasteiger partial charge in [-0.15, -0.1) is 0 Å². The van der Waals surface area contributed by atoms with E-state index in [0.717, 1.165) is 22.4 Å². The quantitative estimate of drug-likeness (QED) is 0.643. The molecule has 1 heterocycles. The van der Waals surface area contributed by atoms with Crippen molar-refractivity contribution in [3.8, 4) is 11.1 Å². The summed E-state index contributed by atoms with van der Waals surface area (Å²) in [5, 5.41) is 3.23. The Morgan fingerprint density at radius 2 is 1.79 bits per heavy atom. The maximum Gasteiger partial charge on any atom is 0.253 e. The summed E-state index contributed by atoms with van der Waals surface area (Å²) in [5.41, 5.74) is 4.02. The average Bonchev–Trinajstić information content (AvgIpc) is 2.77. The highest BCUT2D eigenvalue weighted by molar-refractivity contribution is 6.34. The van der Waals surface area contributed by atoms with Crippen LogP contribution in [0.4, 0.5) is 5.69 Å². The summed E-state index contributed by atoms with van der Waals surface area (Å²) in [6.07, 6.45) is 3.85. The van der Waals surface area contributed by atoms with E-state index in [2.05, 4.69) is 10.3 Å². The van der Waals surface area contributed by atoms with Gasteiger partial charge in [-0.1, -0.05) is 42.8 Å². The van der Waals surface area contributed by atoms with Gasteiger partial charge in [0.05, 0.1) is 10.6 Å². The third-order valence-corrected chi connectivity index (χ3v) is 4.97. The second-order valence-corrected chi connectivity index (χ2v) is 7.00. The summed E-state index contributed by atoms with van der Waals surface area (Å²) in [6, 6.07) is 16.7. The molecule has 0 unspecified atom stereocenters. The van der Waals surface area contributed by atoms with Crippen LogP contribution in [0, 0.1) is 0 Å². The zero-order valence-electron chi connectivity index (χ0n) is 16.4. The fourth-order valence-electron chi connectivity index (χ4n) is 2.92. The third-order valence-electron chi connectivity index (χ3n) is 4.65. The predicted octanol–water partition coefficient (Wildman–Crippen LogP) is 4.70. The van der Waals surface area contributed by atoms with E-state index in [1.165, 1.54) is 0 Å². The Morgan fingerprint density at radius 1 is 1.07 bits per heavy atom. The summed E-state index contributed by atoms with van der Waals surface area (Å²) in [6.45, 7) is 2.22. The van der Waals surface area contributed by atoms with Crippen molar-refractivity contribution >= 4 is 29.1 Å². The van der Waals surface area contributed by atoms with E-state index >= 15 is 0 Å². The smallest absolute Gasteiger partial charge is 0.253 e. The number of amides is 2. The van der Waals surface area contributed by atoms with Crippen molar-refractivity contribution in [2.45, 2.75) is 19.9 Å². The van der Waals surface area contributed by atoms with Crippen molar-refractivity contribution in [3.63, 3.8) is 0 Å². The Balaban J connectivity index is 1.72. The molecular weight excluding hydrogens is 386 g/mol. The van der Waals surface area contributed by atoms with Gasteiger partial charge in [0, 0.05) is 38.1 Å². The van der Waals surface area contributed by atoms with Gasteiger partial charge >= 0.3 is 0 Å². The molecule has 0 bridgehead atoms. The molecule has 3 rings (SSSR count). The molecule has 1 N–H and O–H groups in total. The number of carbonyl (C=O) groups excluding carboxylic acids is 2. The number of rotatable bonds is 6. The molecule has 0 atom stereocenters. The minimum Gasteiger partial charge on any atom is -0.348 e. The number of carbonyl (C=O) groups is 2. The molecule has 29 heavy (non-hydrogen) atoms. The molecule has 0 spiro atoms. The lowest BCUT2D eigenvalue weighted by molar-refractivity contribution is -0.118. The van der Waals surface area contributed by atoms with Crippen LogP contribution in [0.3, 0.4) is 0 Å². The maximum absolute atomic E-state index is 12.4. The van der Waals surface area contributed by atoms with E-state index in [1.807, 2.05) is 49.4 Å². The first-order valence-electron chi connectivity index (χ1n) is 9.33. The molecule has 0 fully saturated rings. The standard InChI is InChI=1S/C23H22ClN3O2/c1-3-22(28)27(2)19-9-6-17(7-10-19)18-8-11-20(21(24)13-18)23(29)26-15-16-5-4-12-25-14-16/h4-14H,3,15H2,1-2H3,(H,26,29). The Morgan fingerprint density at radius 3 is 2.41 bits per heavy atom. The highest BCUT2D eigenvalue weighted by Gasteiger charge is 2.12. The van der Waals surface area contributed by atoms with Crippen LogP contribution in [0.2, 0.25) is 5.02 Å². The number of nitrogens with one attached hydrogen (secondary N) is 1. The molecule has 0 radical (unpaired) electrons. The van der Waals surface area contributed by atoms with Gasteiger partial charge < -0.3 is 10.2 Å². The molecule has 0 aliphatic carbocycles. The minimum absolute atomic E-state index is 0.0578. The van der Waals surface area contributed by atoms with Crippen LogP contribution < -0.4 is 10.2 Å². The van der Waals surface area contributed by atoms with Crippen molar-refractivity contribution in [1.29, 1.82) is 0 Å². The van der Waals surface area contributed by atoms with Crippen LogP contribution in [0.25, 0.3) is 11.1 Å². The van der Waals surface area contributed by atoms with Gasteiger partial charge in [-0.05, 0) is 47.0 Å². The number of hydrogen-bond acceptors (Lipinski definition) is 3. The van der Waals surface area contributed by atoms with Crippen LogP contribution >= 0.6 is 11.6 Å². The van der Waals surface area contributed by atoms with Gasteiger partial charge in [-0.25, -0.2) is 0 Å². The number of nitrogens with zero attached hydrogens (tertiary/aromatic N) is 2. The van der Waals surface area contributed by atoms with E-state index in [-0.39, 0.29) is 11.8 Å². The van der Waals surface area contributed by atoms with Crippen molar-refractivity contribution in [2.24, 2.45) is 0 Å². The van der Waals surface area contributed by atoms with Gasteiger partial charge in [0.1, 0.15) is 0 Å². The normalized spacial score (nSPS) is 10.4. The molecule has 2 amide bonds. The zero-order valence-corrected chi connectivity index (χ0v) is 17.1. The minimum atomic E-state index is -0.236. The molecule has 2 aromatic carbocycles. The van der Waals surface area contributed by atoms with E-state index in [4.69, 9.17) is 11.6 Å². The molecule has 6 heteroatoms. The summed E-state index contributed by atoms with van der Waals surface area (Å²) in [4.78, 5) is 29.9. The molecule has 3 aromatic rings. The van der Waals surface area contributed by atoms with E-state index in [9.17, 15) is 9.59 Å². The number of hydrogen-bond donors (Lipinski definition) is 1. The molecule has 0 aliphatic heterocycles. The number of anilines is 1. The van der Waals surface area contributed by atoms with E-state index < -0.39 is 0 Å². The SMILES string of the molecule is CCC(=O)N(C)c1ccc(-c2ccc(C(=O)NCc3cccnc3)c(Cl)c2)cc1. The van der Waals surface area contributed by atoms with Crippen LogP contribution in [0.5, 0.6) is 0 Å². The number of pyridine rings is 1. The monoisotopic (exact) mass is 407 g/mol. The Kier molecular flexibility index (Phi) is 6.62. The molecule has 148 valence electrons. The van der Waals surface area contributed by atoms with E-state index in [0.29, 0.717) is 23.6 Å². The lowest BCUT2D eigenvalue weighted by Gasteiger charge is -2.17. The molecule has 0 saturated carbocycles. The number of halogens is 1. The van der Waals surface area contributed by atoms with Gasteiger partial charge in [-0.2, -0.15) is 0 Å². The van der Waals surface area contributed by atoms with Crippen molar-refractivity contribution < 1.29 is 9.59 Å². The van der Waals surface area contributed by atoms with Gasteiger partial charge in [0.2, 0.25) is 5.91 Å². The first-order valence-corrected chi connectivity index (χ1v) is 9.71. The fraction of sp³-hybridized carbons (Fsp3) is 0.174. The van der Waals surface area contributed by atoms with Gasteiger partial charge in [0.25, 0.3) is 5.91 Å². The summed E-state index contributed by atoms with van der Waals surface area (Å²) in [5.74, 6) is -0.178. The van der Waals surface area contributed by atoms with Gasteiger partial charge in [0.15, 0.2) is 0 Å². The first kappa shape index (κ1) is 20.6. The average molecular weight is 408 g/mol. The van der Waals surface area contributed by atoms with Crippen LogP contribution in [-0.2, 0) is 11.3 Å². The molecule has 1 aromatic heterocycles. The highest BCUT2D eigenvalue weighted by Crippen LogP contribution is 2.27.